The topological polar surface area (TPSA) is 103 Å². The molecule has 0 spiro atoms. The van der Waals surface area contributed by atoms with Gasteiger partial charge in [0, 0.05) is 10.6 Å². The number of halogens is 1. The fourth-order valence-corrected chi connectivity index (χ4v) is 3.19. The molecular weight excluding hydrogens is 376 g/mol. The summed E-state index contributed by atoms with van der Waals surface area (Å²) in [7, 11) is 0. The standard InChI is InChI=1S/C20H15ClN6O/c1-2-28-20-14(11-22)17(12-7-9-13(21)10-8-12)18(19(23)24-20)27-16-6-4-3-5-15(16)25-26-27/h3-10H,2H2,1H3,(H2,23,24). The van der Waals surface area contributed by atoms with Crippen molar-refractivity contribution in [1.82, 2.24) is 20.0 Å². The molecule has 8 heteroatoms. The summed E-state index contributed by atoms with van der Waals surface area (Å²) in [5.74, 6) is 0.365. The number of nitrogen functional groups attached to an aromatic ring is 1. The Morgan fingerprint density at radius 1 is 1.18 bits per heavy atom. The van der Waals surface area contributed by atoms with Gasteiger partial charge in [0.25, 0.3) is 0 Å². The van der Waals surface area contributed by atoms with E-state index in [1.807, 2.05) is 43.3 Å². The molecule has 4 aromatic rings. The Labute approximate surface area is 165 Å². The Morgan fingerprint density at radius 2 is 1.93 bits per heavy atom. The van der Waals surface area contributed by atoms with Crippen LogP contribution in [0.25, 0.3) is 27.8 Å². The van der Waals surface area contributed by atoms with E-state index >= 15 is 0 Å². The Bertz CT molecular complexity index is 1210. The number of nitrogens with two attached hydrogens (primary N) is 1. The van der Waals surface area contributed by atoms with Crippen LogP contribution in [0.4, 0.5) is 5.82 Å². The lowest BCUT2D eigenvalue weighted by atomic mass is 9.99. The average molecular weight is 391 g/mol. The van der Waals surface area contributed by atoms with Gasteiger partial charge < -0.3 is 10.5 Å². The molecule has 0 aliphatic heterocycles. The molecule has 2 aromatic carbocycles. The van der Waals surface area contributed by atoms with E-state index in [0.717, 1.165) is 11.1 Å². The molecule has 0 saturated carbocycles. The van der Waals surface area contributed by atoms with Crippen molar-refractivity contribution in [1.29, 1.82) is 5.26 Å². The van der Waals surface area contributed by atoms with E-state index in [0.29, 0.717) is 28.4 Å². The lowest BCUT2D eigenvalue weighted by molar-refractivity contribution is 0.326. The monoisotopic (exact) mass is 390 g/mol. The summed E-state index contributed by atoms with van der Waals surface area (Å²) in [6, 6.07) is 16.8. The zero-order chi connectivity index (χ0) is 19.7. The summed E-state index contributed by atoms with van der Waals surface area (Å²) in [6.07, 6.45) is 0. The fourth-order valence-electron chi connectivity index (χ4n) is 3.06. The summed E-state index contributed by atoms with van der Waals surface area (Å²) in [5.41, 5.74) is 9.81. The molecule has 2 aromatic heterocycles. The summed E-state index contributed by atoms with van der Waals surface area (Å²) in [4.78, 5) is 4.32. The van der Waals surface area contributed by atoms with Gasteiger partial charge in [-0.2, -0.15) is 10.2 Å². The van der Waals surface area contributed by atoms with Crippen LogP contribution in [0.5, 0.6) is 5.88 Å². The van der Waals surface area contributed by atoms with Crippen LogP contribution < -0.4 is 10.5 Å². The zero-order valence-electron chi connectivity index (χ0n) is 14.9. The van der Waals surface area contributed by atoms with E-state index in [-0.39, 0.29) is 17.3 Å². The zero-order valence-corrected chi connectivity index (χ0v) is 15.7. The smallest absolute Gasteiger partial charge is 0.234 e. The van der Waals surface area contributed by atoms with Crippen LogP contribution in [0.15, 0.2) is 48.5 Å². The first-order chi connectivity index (χ1) is 13.6. The van der Waals surface area contributed by atoms with Gasteiger partial charge in [-0.15, -0.1) is 5.10 Å². The van der Waals surface area contributed by atoms with Gasteiger partial charge in [0.15, 0.2) is 5.82 Å². The van der Waals surface area contributed by atoms with Crippen molar-refractivity contribution in [2.45, 2.75) is 6.92 Å². The first-order valence-corrected chi connectivity index (χ1v) is 8.95. The van der Waals surface area contributed by atoms with Crippen LogP contribution in [0.1, 0.15) is 12.5 Å². The molecule has 0 bridgehead atoms. The van der Waals surface area contributed by atoms with Gasteiger partial charge in [0.05, 0.1) is 12.1 Å². The molecule has 2 heterocycles. The number of hydrogen-bond donors (Lipinski definition) is 1. The van der Waals surface area contributed by atoms with E-state index in [4.69, 9.17) is 22.1 Å². The number of hydrogen-bond acceptors (Lipinski definition) is 6. The number of aromatic nitrogens is 4. The van der Waals surface area contributed by atoms with Crippen LogP contribution in [0, 0.1) is 11.3 Å². The largest absolute Gasteiger partial charge is 0.477 e. The molecule has 4 rings (SSSR count). The Kier molecular flexibility index (Phi) is 4.55. The van der Waals surface area contributed by atoms with Gasteiger partial charge in [-0.3, -0.25) is 0 Å². The van der Waals surface area contributed by atoms with E-state index in [9.17, 15) is 5.26 Å². The molecule has 0 radical (unpaired) electrons. The molecule has 28 heavy (non-hydrogen) atoms. The van der Waals surface area contributed by atoms with E-state index in [1.165, 1.54) is 0 Å². The summed E-state index contributed by atoms with van der Waals surface area (Å²) >= 11 is 6.05. The first kappa shape index (κ1) is 17.8. The minimum atomic E-state index is 0.181. The molecule has 0 saturated heterocycles. The highest BCUT2D eigenvalue weighted by molar-refractivity contribution is 6.30. The second-order valence-corrected chi connectivity index (χ2v) is 6.38. The summed E-state index contributed by atoms with van der Waals surface area (Å²) in [5, 5.41) is 18.9. The van der Waals surface area contributed by atoms with E-state index in [1.54, 1.807) is 16.8 Å². The minimum Gasteiger partial charge on any atom is -0.477 e. The second kappa shape index (κ2) is 7.18. The maximum atomic E-state index is 9.89. The van der Waals surface area contributed by atoms with Crippen LogP contribution >= 0.6 is 11.6 Å². The summed E-state index contributed by atoms with van der Waals surface area (Å²) in [6.45, 7) is 2.17. The van der Waals surface area contributed by atoms with Gasteiger partial charge in [-0.1, -0.05) is 41.1 Å². The van der Waals surface area contributed by atoms with Crippen LogP contribution in [0.3, 0.4) is 0 Å². The average Bonchev–Trinajstić information content (AvgIpc) is 3.12. The van der Waals surface area contributed by atoms with Crippen molar-refractivity contribution >= 4 is 28.5 Å². The highest BCUT2D eigenvalue weighted by Crippen LogP contribution is 2.38. The van der Waals surface area contributed by atoms with Crippen molar-refractivity contribution < 1.29 is 4.74 Å². The van der Waals surface area contributed by atoms with E-state index in [2.05, 4.69) is 21.4 Å². The number of nitrogens with zero attached hydrogens (tertiary/aromatic N) is 5. The van der Waals surface area contributed by atoms with E-state index < -0.39 is 0 Å². The van der Waals surface area contributed by atoms with Crippen molar-refractivity contribution in [2.24, 2.45) is 0 Å². The lowest BCUT2D eigenvalue weighted by Gasteiger charge is -2.17. The number of rotatable bonds is 4. The van der Waals surface area contributed by atoms with Crippen molar-refractivity contribution in [2.75, 3.05) is 12.3 Å². The van der Waals surface area contributed by atoms with Crippen LogP contribution in [-0.4, -0.2) is 26.6 Å². The normalized spacial score (nSPS) is 10.8. The van der Waals surface area contributed by atoms with Crippen molar-refractivity contribution in [3.05, 3.63) is 59.1 Å². The molecule has 2 N–H and O–H groups in total. The maximum Gasteiger partial charge on any atom is 0.234 e. The van der Waals surface area contributed by atoms with Gasteiger partial charge in [0.1, 0.15) is 22.8 Å². The molecule has 7 nitrogen and oxygen atoms in total. The highest BCUT2D eigenvalue weighted by Gasteiger charge is 2.24. The lowest BCUT2D eigenvalue weighted by Crippen LogP contribution is -2.10. The number of pyridine rings is 1. The quantitative estimate of drug-likeness (QED) is 0.565. The molecule has 138 valence electrons. The Morgan fingerprint density at radius 3 is 2.64 bits per heavy atom. The number of para-hydroxylation sites is 1. The molecule has 0 aliphatic rings. The number of fused-ring (bicyclic) bond motifs is 1. The predicted molar refractivity (Wildman–Crippen MR) is 107 cm³/mol. The Hall–Kier alpha value is -3.63. The third kappa shape index (κ3) is 2.90. The molecule has 0 fully saturated rings. The van der Waals surface area contributed by atoms with Gasteiger partial charge in [-0.25, -0.2) is 4.68 Å². The van der Waals surface area contributed by atoms with Gasteiger partial charge >= 0.3 is 0 Å². The number of nitriles is 1. The number of anilines is 1. The molecule has 0 unspecified atom stereocenters. The highest BCUT2D eigenvalue weighted by atomic mass is 35.5. The fraction of sp³-hybridized carbons (Fsp3) is 0.100. The molecule has 0 aliphatic carbocycles. The minimum absolute atomic E-state index is 0.181. The molecule has 0 amide bonds. The second-order valence-electron chi connectivity index (χ2n) is 5.94. The van der Waals surface area contributed by atoms with Crippen molar-refractivity contribution in [3.8, 4) is 28.8 Å². The van der Waals surface area contributed by atoms with Crippen LogP contribution in [0.2, 0.25) is 5.02 Å². The Balaban J connectivity index is 2.11. The maximum absolute atomic E-state index is 9.89. The third-order valence-electron chi connectivity index (χ3n) is 4.25. The third-order valence-corrected chi connectivity index (χ3v) is 4.51. The number of benzene rings is 2. The number of ether oxygens (including phenoxy) is 1. The summed E-state index contributed by atoms with van der Waals surface area (Å²) < 4.78 is 7.16. The molecule has 0 atom stereocenters. The SMILES string of the molecule is CCOc1nc(N)c(-n2nnc3ccccc32)c(-c2ccc(Cl)cc2)c1C#N. The van der Waals surface area contributed by atoms with Crippen molar-refractivity contribution in [3.63, 3.8) is 0 Å². The first-order valence-electron chi connectivity index (χ1n) is 8.57. The molecular formula is C20H15ClN6O. The predicted octanol–water partition coefficient (Wildman–Crippen LogP) is 3.99. The van der Waals surface area contributed by atoms with Gasteiger partial charge in [0.2, 0.25) is 5.88 Å². The van der Waals surface area contributed by atoms with Gasteiger partial charge in [-0.05, 0) is 36.8 Å². The van der Waals surface area contributed by atoms with Crippen LogP contribution in [-0.2, 0) is 0 Å².